The zero-order valence-corrected chi connectivity index (χ0v) is 11.9. The molecular formula is C16H25N3. The van der Waals surface area contributed by atoms with E-state index < -0.39 is 0 Å². The van der Waals surface area contributed by atoms with Crippen LogP contribution in [0.25, 0.3) is 0 Å². The predicted molar refractivity (Wildman–Crippen MR) is 79.3 cm³/mol. The zero-order chi connectivity index (χ0) is 13.1. The van der Waals surface area contributed by atoms with Crippen molar-refractivity contribution in [2.24, 2.45) is 0 Å². The van der Waals surface area contributed by atoms with Crippen LogP contribution in [0.5, 0.6) is 0 Å². The number of hydrogen-bond donors (Lipinski definition) is 1. The van der Waals surface area contributed by atoms with Gasteiger partial charge in [-0.3, -0.25) is 4.90 Å². The molecule has 1 N–H and O–H groups in total. The van der Waals surface area contributed by atoms with Gasteiger partial charge in [0.2, 0.25) is 0 Å². The summed E-state index contributed by atoms with van der Waals surface area (Å²) in [4.78, 5) is 7.21. The summed E-state index contributed by atoms with van der Waals surface area (Å²) in [6, 6.07) is 5.70. The first-order chi connectivity index (χ1) is 9.36. The smallest absolute Gasteiger partial charge is 0.126 e. The summed E-state index contributed by atoms with van der Waals surface area (Å²) in [5, 5.41) is 3.51. The van der Waals surface area contributed by atoms with Gasteiger partial charge in [-0.05, 0) is 63.2 Å². The summed E-state index contributed by atoms with van der Waals surface area (Å²) in [5.74, 6) is 1.05. The quantitative estimate of drug-likeness (QED) is 0.876. The van der Waals surface area contributed by atoms with Gasteiger partial charge < -0.3 is 5.32 Å². The number of nitrogens with one attached hydrogen (secondary N) is 1. The molecule has 104 valence electrons. The summed E-state index contributed by atoms with van der Waals surface area (Å²) in [6.07, 6.45) is 9.91. The molecule has 1 aliphatic carbocycles. The highest BCUT2D eigenvalue weighted by atomic mass is 15.2. The van der Waals surface area contributed by atoms with Crippen LogP contribution >= 0.6 is 0 Å². The minimum absolute atomic E-state index is 0.602. The van der Waals surface area contributed by atoms with E-state index in [1.165, 1.54) is 57.2 Å². The summed E-state index contributed by atoms with van der Waals surface area (Å²) < 4.78 is 0. The maximum Gasteiger partial charge on any atom is 0.126 e. The Kier molecular flexibility index (Phi) is 4.02. The molecule has 1 unspecified atom stereocenters. The van der Waals surface area contributed by atoms with Crippen LogP contribution in [0.2, 0.25) is 0 Å². The molecule has 0 aromatic carbocycles. The van der Waals surface area contributed by atoms with Gasteiger partial charge in [-0.2, -0.15) is 0 Å². The molecule has 3 heteroatoms. The minimum atomic E-state index is 0.602. The molecule has 0 bridgehead atoms. The van der Waals surface area contributed by atoms with Crippen LogP contribution < -0.4 is 5.32 Å². The number of aromatic nitrogens is 1. The van der Waals surface area contributed by atoms with E-state index >= 15 is 0 Å². The fourth-order valence-electron chi connectivity index (χ4n) is 3.21. The molecule has 0 amide bonds. The van der Waals surface area contributed by atoms with E-state index in [0.717, 1.165) is 5.82 Å². The Morgan fingerprint density at radius 1 is 1.26 bits per heavy atom. The second-order valence-corrected chi connectivity index (χ2v) is 5.94. The third-order valence-electron chi connectivity index (χ3n) is 4.50. The highest BCUT2D eigenvalue weighted by Crippen LogP contribution is 2.32. The van der Waals surface area contributed by atoms with Gasteiger partial charge in [0.15, 0.2) is 0 Å². The first-order valence-electron chi connectivity index (χ1n) is 7.83. The van der Waals surface area contributed by atoms with Crippen LogP contribution in [0.15, 0.2) is 18.3 Å². The molecule has 0 spiro atoms. The molecule has 3 nitrogen and oxygen atoms in total. The van der Waals surface area contributed by atoms with Gasteiger partial charge in [0.1, 0.15) is 5.82 Å². The van der Waals surface area contributed by atoms with Crippen molar-refractivity contribution in [1.29, 1.82) is 0 Å². The maximum absolute atomic E-state index is 4.60. The molecule has 3 rings (SSSR count). The van der Waals surface area contributed by atoms with Crippen LogP contribution in [0, 0.1) is 0 Å². The van der Waals surface area contributed by atoms with E-state index in [9.17, 15) is 0 Å². The Morgan fingerprint density at radius 3 is 2.79 bits per heavy atom. The van der Waals surface area contributed by atoms with E-state index in [1.807, 2.05) is 0 Å². The van der Waals surface area contributed by atoms with Gasteiger partial charge in [-0.25, -0.2) is 4.98 Å². The number of pyridine rings is 1. The number of anilines is 1. The molecule has 2 aliphatic rings. The third-order valence-corrected chi connectivity index (χ3v) is 4.50. The SMILES string of the molecule is CCCN1CCCC1c1ccc(NC2CCC2)nc1. The normalized spacial score (nSPS) is 24.4. The number of nitrogens with zero attached hydrogens (tertiary/aromatic N) is 2. The second-order valence-electron chi connectivity index (χ2n) is 5.94. The molecule has 1 aromatic rings. The molecule has 2 fully saturated rings. The maximum atomic E-state index is 4.60. The molecule has 1 aromatic heterocycles. The molecule has 1 saturated heterocycles. The Hall–Kier alpha value is -1.09. The summed E-state index contributed by atoms with van der Waals surface area (Å²) in [5.41, 5.74) is 1.39. The van der Waals surface area contributed by atoms with Gasteiger partial charge in [0.05, 0.1) is 0 Å². The molecule has 1 aliphatic heterocycles. The molecule has 1 atom stereocenters. The lowest BCUT2D eigenvalue weighted by molar-refractivity contribution is 0.257. The number of rotatable bonds is 5. The lowest BCUT2D eigenvalue weighted by atomic mass is 9.93. The van der Waals surface area contributed by atoms with Crippen LogP contribution in [-0.4, -0.2) is 29.0 Å². The van der Waals surface area contributed by atoms with Crippen molar-refractivity contribution >= 4 is 5.82 Å². The van der Waals surface area contributed by atoms with Gasteiger partial charge >= 0.3 is 0 Å². The van der Waals surface area contributed by atoms with Crippen molar-refractivity contribution < 1.29 is 0 Å². The fraction of sp³-hybridized carbons (Fsp3) is 0.688. The van der Waals surface area contributed by atoms with Crippen molar-refractivity contribution in [2.75, 3.05) is 18.4 Å². The average molecular weight is 259 g/mol. The van der Waals surface area contributed by atoms with Gasteiger partial charge in [-0.1, -0.05) is 13.0 Å². The first-order valence-corrected chi connectivity index (χ1v) is 7.83. The van der Waals surface area contributed by atoms with Gasteiger partial charge in [0, 0.05) is 18.3 Å². The monoisotopic (exact) mass is 259 g/mol. The lowest BCUT2D eigenvalue weighted by Crippen LogP contribution is -2.27. The Bertz CT molecular complexity index is 397. The Morgan fingerprint density at radius 2 is 2.16 bits per heavy atom. The van der Waals surface area contributed by atoms with Crippen molar-refractivity contribution in [1.82, 2.24) is 9.88 Å². The lowest BCUT2D eigenvalue weighted by Gasteiger charge is -2.27. The molecule has 0 radical (unpaired) electrons. The van der Waals surface area contributed by atoms with Crippen molar-refractivity contribution in [3.8, 4) is 0 Å². The van der Waals surface area contributed by atoms with Crippen LogP contribution in [-0.2, 0) is 0 Å². The molecule has 2 heterocycles. The van der Waals surface area contributed by atoms with Crippen LogP contribution in [0.3, 0.4) is 0 Å². The Balaban J connectivity index is 1.64. The molecular weight excluding hydrogens is 234 g/mol. The predicted octanol–water partition coefficient (Wildman–Crippen LogP) is 3.59. The van der Waals surface area contributed by atoms with Crippen LogP contribution in [0.1, 0.15) is 57.1 Å². The average Bonchev–Trinajstić information content (AvgIpc) is 2.83. The molecule has 19 heavy (non-hydrogen) atoms. The number of hydrogen-bond acceptors (Lipinski definition) is 3. The van der Waals surface area contributed by atoms with Gasteiger partial charge in [0.25, 0.3) is 0 Å². The Labute approximate surface area is 116 Å². The fourth-order valence-corrected chi connectivity index (χ4v) is 3.21. The number of likely N-dealkylation sites (tertiary alicyclic amines) is 1. The highest BCUT2D eigenvalue weighted by molar-refractivity contribution is 5.38. The van der Waals surface area contributed by atoms with Crippen LogP contribution in [0.4, 0.5) is 5.82 Å². The van der Waals surface area contributed by atoms with Gasteiger partial charge in [-0.15, -0.1) is 0 Å². The van der Waals surface area contributed by atoms with E-state index in [1.54, 1.807) is 0 Å². The van der Waals surface area contributed by atoms with E-state index in [4.69, 9.17) is 0 Å². The van der Waals surface area contributed by atoms with E-state index in [2.05, 4.69) is 40.5 Å². The first kappa shape index (κ1) is 12.9. The third kappa shape index (κ3) is 2.92. The minimum Gasteiger partial charge on any atom is -0.367 e. The standard InChI is InChI=1S/C16H25N3/c1-2-10-19-11-4-7-15(19)13-8-9-16(17-12-13)18-14-5-3-6-14/h8-9,12,14-15H,2-7,10-11H2,1H3,(H,17,18). The second kappa shape index (κ2) is 5.91. The van der Waals surface area contributed by atoms with Crippen molar-refractivity contribution in [3.05, 3.63) is 23.9 Å². The van der Waals surface area contributed by atoms with Crippen molar-refractivity contribution in [2.45, 2.75) is 57.5 Å². The zero-order valence-electron chi connectivity index (χ0n) is 11.9. The van der Waals surface area contributed by atoms with E-state index in [0.29, 0.717) is 12.1 Å². The largest absolute Gasteiger partial charge is 0.367 e. The van der Waals surface area contributed by atoms with Crippen molar-refractivity contribution in [3.63, 3.8) is 0 Å². The topological polar surface area (TPSA) is 28.2 Å². The summed E-state index contributed by atoms with van der Waals surface area (Å²) >= 11 is 0. The van der Waals surface area contributed by atoms with E-state index in [-0.39, 0.29) is 0 Å². The summed E-state index contributed by atoms with van der Waals surface area (Å²) in [6.45, 7) is 4.73. The molecule has 1 saturated carbocycles. The summed E-state index contributed by atoms with van der Waals surface area (Å²) in [7, 11) is 0. The highest BCUT2D eigenvalue weighted by Gasteiger charge is 2.25.